The molecule has 0 atom stereocenters. The van der Waals surface area contributed by atoms with E-state index in [0.29, 0.717) is 18.5 Å². The van der Waals surface area contributed by atoms with Gasteiger partial charge in [-0.3, -0.25) is 14.8 Å². The van der Waals surface area contributed by atoms with Crippen LogP contribution < -0.4 is 10.6 Å². The Balaban J connectivity index is 2.40. The number of hydrogen-bond donors (Lipinski definition) is 2. The minimum Gasteiger partial charge on any atom is -0.357 e. The Kier molecular flexibility index (Phi) is 9.27. The number of alkyl halides is 3. The minimum atomic E-state index is -4.17. The first-order chi connectivity index (χ1) is 11.7. The van der Waals surface area contributed by atoms with Crippen LogP contribution in [-0.4, -0.2) is 80.8 Å². The molecule has 1 saturated heterocycles. The summed E-state index contributed by atoms with van der Waals surface area (Å²) in [6, 6.07) is 0.340. The Morgan fingerprint density at radius 1 is 1.32 bits per heavy atom. The van der Waals surface area contributed by atoms with Crippen molar-refractivity contribution in [3.05, 3.63) is 12.2 Å². The van der Waals surface area contributed by atoms with Gasteiger partial charge in [-0.05, 0) is 33.7 Å². The number of likely N-dealkylation sites (tertiary alicyclic amines) is 1. The molecule has 0 aromatic carbocycles. The number of piperidine rings is 1. The molecule has 0 bridgehead atoms. The molecule has 1 rings (SSSR count). The van der Waals surface area contributed by atoms with Gasteiger partial charge in [-0.25, -0.2) is 0 Å². The van der Waals surface area contributed by atoms with E-state index in [-0.39, 0.29) is 6.54 Å². The van der Waals surface area contributed by atoms with E-state index in [2.05, 4.69) is 27.1 Å². The molecule has 25 heavy (non-hydrogen) atoms. The largest absolute Gasteiger partial charge is 0.401 e. The molecule has 0 unspecified atom stereocenters. The van der Waals surface area contributed by atoms with E-state index in [4.69, 9.17) is 0 Å². The second kappa shape index (κ2) is 10.7. The van der Waals surface area contributed by atoms with Gasteiger partial charge in [0.05, 0.1) is 13.1 Å². The Morgan fingerprint density at radius 3 is 2.48 bits per heavy atom. The molecule has 1 aliphatic rings. The molecule has 0 spiro atoms. The van der Waals surface area contributed by atoms with Crippen molar-refractivity contribution in [2.24, 2.45) is 4.99 Å². The van der Waals surface area contributed by atoms with Crippen molar-refractivity contribution in [2.45, 2.75) is 38.9 Å². The summed E-state index contributed by atoms with van der Waals surface area (Å²) in [5, 5.41) is 6.57. The second-order valence-corrected chi connectivity index (χ2v) is 6.77. The highest BCUT2D eigenvalue weighted by Gasteiger charge is 2.28. The zero-order valence-corrected chi connectivity index (χ0v) is 15.6. The molecule has 0 amide bonds. The summed E-state index contributed by atoms with van der Waals surface area (Å²) >= 11 is 0. The van der Waals surface area contributed by atoms with Crippen LogP contribution in [0.4, 0.5) is 13.2 Å². The van der Waals surface area contributed by atoms with Gasteiger partial charge in [-0.2, -0.15) is 13.2 Å². The molecule has 0 aromatic heterocycles. The number of guanidine groups is 1. The molecule has 1 heterocycles. The topological polar surface area (TPSA) is 42.9 Å². The summed E-state index contributed by atoms with van der Waals surface area (Å²) in [7, 11) is 1.46. The van der Waals surface area contributed by atoms with Crippen LogP contribution in [0.5, 0.6) is 0 Å². The maximum absolute atomic E-state index is 12.3. The molecular formula is C17H32F3N5. The molecule has 1 aliphatic heterocycles. The fourth-order valence-corrected chi connectivity index (χ4v) is 2.85. The van der Waals surface area contributed by atoms with Crippen LogP contribution in [0.25, 0.3) is 0 Å². The molecule has 0 saturated carbocycles. The second-order valence-electron chi connectivity index (χ2n) is 6.77. The maximum Gasteiger partial charge on any atom is 0.401 e. The highest BCUT2D eigenvalue weighted by molar-refractivity contribution is 5.80. The zero-order chi connectivity index (χ0) is 18.9. The first-order valence-corrected chi connectivity index (χ1v) is 8.86. The first-order valence-electron chi connectivity index (χ1n) is 8.86. The number of hydrogen-bond acceptors (Lipinski definition) is 3. The van der Waals surface area contributed by atoms with Crippen molar-refractivity contribution >= 4 is 5.96 Å². The van der Waals surface area contributed by atoms with Crippen LogP contribution in [0.1, 0.15) is 26.7 Å². The molecule has 1 fully saturated rings. The number of aliphatic imine (C=N–C) groups is 1. The van der Waals surface area contributed by atoms with Crippen molar-refractivity contribution in [1.29, 1.82) is 0 Å². The summed E-state index contributed by atoms with van der Waals surface area (Å²) < 4.78 is 37.0. The lowest BCUT2D eigenvalue weighted by atomic mass is 10.0. The average molecular weight is 363 g/mol. The van der Waals surface area contributed by atoms with Gasteiger partial charge < -0.3 is 10.6 Å². The van der Waals surface area contributed by atoms with Crippen molar-refractivity contribution in [2.75, 3.05) is 52.9 Å². The summed E-state index contributed by atoms with van der Waals surface area (Å²) in [5.74, 6) is 0.682. The number of nitrogens with zero attached hydrogens (tertiary/aromatic N) is 3. The normalized spacial score (nSPS) is 17.8. The van der Waals surface area contributed by atoms with Crippen LogP contribution in [-0.2, 0) is 0 Å². The van der Waals surface area contributed by atoms with Gasteiger partial charge in [0, 0.05) is 38.8 Å². The van der Waals surface area contributed by atoms with Crippen molar-refractivity contribution in [3.8, 4) is 0 Å². The number of rotatable bonds is 8. The van der Waals surface area contributed by atoms with Gasteiger partial charge in [0.1, 0.15) is 0 Å². The molecule has 0 aromatic rings. The van der Waals surface area contributed by atoms with Gasteiger partial charge >= 0.3 is 6.18 Å². The fourth-order valence-electron chi connectivity index (χ4n) is 2.85. The molecule has 5 nitrogen and oxygen atoms in total. The summed E-state index contributed by atoms with van der Waals surface area (Å²) in [6.07, 6.45) is -2.13. The SMILES string of the molecule is C=C(C)CN1CCC(NC(=NCCN(C)CC(F)(F)F)NCC)CC1. The summed E-state index contributed by atoms with van der Waals surface area (Å²) in [6.45, 7) is 11.3. The summed E-state index contributed by atoms with van der Waals surface area (Å²) in [4.78, 5) is 8.03. The van der Waals surface area contributed by atoms with Crippen LogP contribution >= 0.6 is 0 Å². The zero-order valence-electron chi connectivity index (χ0n) is 15.6. The Labute approximate surface area is 149 Å². The minimum absolute atomic E-state index is 0.271. The number of halogens is 3. The highest BCUT2D eigenvalue weighted by Crippen LogP contribution is 2.15. The third-order valence-corrected chi connectivity index (χ3v) is 3.97. The predicted molar refractivity (Wildman–Crippen MR) is 96.9 cm³/mol. The van der Waals surface area contributed by atoms with E-state index in [0.717, 1.165) is 39.0 Å². The lowest BCUT2D eigenvalue weighted by molar-refractivity contribution is -0.142. The molecule has 0 radical (unpaired) electrons. The fraction of sp³-hybridized carbons (Fsp3) is 0.824. The van der Waals surface area contributed by atoms with E-state index < -0.39 is 12.7 Å². The van der Waals surface area contributed by atoms with Crippen molar-refractivity contribution in [1.82, 2.24) is 20.4 Å². The molecule has 8 heteroatoms. The lowest BCUT2D eigenvalue weighted by Crippen LogP contribution is -2.49. The predicted octanol–water partition coefficient (Wildman–Crippen LogP) is 2.08. The summed E-state index contributed by atoms with van der Waals surface area (Å²) in [5.41, 5.74) is 1.17. The van der Waals surface area contributed by atoms with Crippen LogP contribution in [0, 0.1) is 0 Å². The Hall–Kier alpha value is -1.28. The van der Waals surface area contributed by atoms with Crippen molar-refractivity contribution < 1.29 is 13.2 Å². The molecular weight excluding hydrogens is 331 g/mol. The average Bonchev–Trinajstić information content (AvgIpc) is 2.47. The van der Waals surface area contributed by atoms with Gasteiger partial charge in [-0.1, -0.05) is 12.2 Å². The van der Waals surface area contributed by atoms with Crippen LogP contribution in [0.2, 0.25) is 0 Å². The van der Waals surface area contributed by atoms with E-state index in [1.807, 2.05) is 13.8 Å². The van der Waals surface area contributed by atoms with Crippen molar-refractivity contribution in [3.63, 3.8) is 0 Å². The molecule has 146 valence electrons. The smallest absolute Gasteiger partial charge is 0.357 e. The number of nitrogens with one attached hydrogen (secondary N) is 2. The quantitative estimate of drug-likeness (QED) is 0.394. The van der Waals surface area contributed by atoms with Crippen LogP contribution in [0.3, 0.4) is 0 Å². The maximum atomic E-state index is 12.3. The van der Waals surface area contributed by atoms with Gasteiger partial charge in [-0.15, -0.1) is 0 Å². The van der Waals surface area contributed by atoms with Gasteiger partial charge in [0.25, 0.3) is 0 Å². The Bertz CT molecular complexity index is 428. The first kappa shape index (κ1) is 21.8. The Morgan fingerprint density at radius 2 is 1.96 bits per heavy atom. The van der Waals surface area contributed by atoms with E-state index in [1.165, 1.54) is 17.5 Å². The molecule has 0 aliphatic carbocycles. The molecule has 2 N–H and O–H groups in total. The standard InChI is InChI=1S/C17H32F3N5/c1-5-21-16(22-8-11-24(4)13-17(18,19)20)23-15-6-9-25(10-7-15)12-14(2)3/h15H,2,5-13H2,1,3-4H3,(H2,21,22,23). The van der Waals surface area contributed by atoms with E-state index >= 15 is 0 Å². The van der Waals surface area contributed by atoms with E-state index in [1.54, 1.807) is 0 Å². The third-order valence-electron chi connectivity index (χ3n) is 3.97. The highest BCUT2D eigenvalue weighted by atomic mass is 19.4. The van der Waals surface area contributed by atoms with Gasteiger partial charge in [0.15, 0.2) is 5.96 Å². The van der Waals surface area contributed by atoms with Crippen LogP contribution in [0.15, 0.2) is 17.1 Å². The van der Waals surface area contributed by atoms with E-state index in [9.17, 15) is 13.2 Å². The van der Waals surface area contributed by atoms with Gasteiger partial charge in [0.2, 0.25) is 0 Å². The third kappa shape index (κ3) is 10.3. The number of likely N-dealkylation sites (N-methyl/N-ethyl adjacent to an activating group) is 1. The monoisotopic (exact) mass is 363 g/mol. The lowest BCUT2D eigenvalue weighted by Gasteiger charge is -2.33.